The number of carbonyl (C=O) groups is 1. The average molecular weight is 199 g/mol. The molecule has 0 spiro atoms. The molecule has 1 heterocycles. The van der Waals surface area contributed by atoms with Crippen LogP contribution in [0.5, 0.6) is 0 Å². The van der Waals surface area contributed by atoms with E-state index in [1.165, 1.54) is 6.42 Å². The van der Waals surface area contributed by atoms with Crippen LogP contribution in [0.15, 0.2) is 0 Å². The van der Waals surface area contributed by atoms with Gasteiger partial charge in [-0.2, -0.15) is 0 Å². The third-order valence-corrected chi connectivity index (χ3v) is 3.97. The first-order chi connectivity index (χ1) is 6.28. The van der Waals surface area contributed by atoms with E-state index in [9.17, 15) is 0 Å². The zero-order valence-corrected chi connectivity index (χ0v) is 9.74. The normalized spacial score (nSPS) is 38.2. The number of aliphatic carboxylic acids is 1. The summed E-state index contributed by atoms with van der Waals surface area (Å²) in [6.07, 6.45) is 1.46. The Morgan fingerprint density at radius 2 is 1.93 bits per heavy atom. The second kappa shape index (κ2) is 3.54. The third kappa shape index (κ3) is 1.92. The summed E-state index contributed by atoms with van der Waals surface area (Å²) < 4.78 is 0. The molecule has 3 unspecified atom stereocenters. The lowest BCUT2D eigenvalue weighted by Crippen LogP contribution is -2.42. The van der Waals surface area contributed by atoms with Crippen molar-refractivity contribution in [2.24, 2.45) is 11.8 Å². The van der Waals surface area contributed by atoms with Crippen LogP contribution < -0.4 is 0 Å². The molecule has 0 aromatic rings. The summed E-state index contributed by atoms with van der Waals surface area (Å²) in [6.45, 7) is 8.21. The second-order valence-corrected chi connectivity index (χ2v) is 5.04. The molecule has 1 aliphatic carbocycles. The molecule has 3 nitrogen and oxygen atoms in total. The molecule has 1 N–H and O–H groups in total. The Hall–Kier alpha value is -0.570. The maximum atomic E-state index is 9.00. The summed E-state index contributed by atoms with van der Waals surface area (Å²) in [7, 11) is 2.27. The van der Waals surface area contributed by atoms with Gasteiger partial charge in [0.05, 0.1) is 0 Å². The summed E-state index contributed by atoms with van der Waals surface area (Å²) in [5, 5.41) is 7.42. The highest BCUT2D eigenvalue weighted by Crippen LogP contribution is 2.55. The Labute approximate surface area is 86.1 Å². The molecule has 3 atom stereocenters. The van der Waals surface area contributed by atoms with E-state index in [1.807, 2.05) is 0 Å². The third-order valence-electron chi connectivity index (χ3n) is 3.97. The SMILES string of the molecule is CC(=O)O.CC1C2CC2N(C)C1(C)C. The van der Waals surface area contributed by atoms with Crippen molar-refractivity contribution >= 4 is 5.97 Å². The van der Waals surface area contributed by atoms with Gasteiger partial charge < -0.3 is 5.11 Å². The minimum atomic E-state index is -0.833. The van der Waals surface area contributed by atoms with E-state index >= 15 is 0 Å². The Morgan fingerprint density at radius 1 is 1.50 bits per heavy atom. The number of hydrogen-bond acceptors (Lipinski definition) is 2. The number of piperidine rings is 1. The van der Waals surface area contributed by atoms with Crippen LogP contribution in [-0.4, -0.2) is 34.6 Å². The maximum Gasteiger partial charge on any atom is 0.300 e. The predicted molar refractivity (Wildman–Crippen MR) is 56.2 cm³/mol. The van der Waals surface area contributed by atoms with E-state index in [1.54, 1.807) is 0 Å². The van der Waals surface area contributed by atoms with Gasteiger partial charge in [-0.3, -0.25) is 9.69 Å². The summed E-state index contributed by atoms with van der Waals surface area (Å²) in [5.41, 5.74) is 0.466. The van der Waals surface area contributed by atoms with Crippen molar-refractivity contribution in [3.05, 3.63) is 0 Å². The number of fused-ring (bicyclic) bond motifs is 1. The van der Waals surface area contributed by atoms with Gasteiger partial charge in [0.2, 0.25) is 0 Å². The fourth-order valence-corrected chi connectivity index (χ4v) is 2.46. The quantitative estimate of drug-likeness (QED) is 0.647. The van der Waals surface area contributed by atoms with E-state index in [2.05, 4.69) is 32.7 Å². The van der Waals surface area contributed by atoms with Crippen molar-refractivity contribution in [2.75, 3.05) is 7.05 Å². The second-order valence-electron chi connectivity index (χ2n) is 5.04. The summed E-state index contributed by atoms with van der Waals surface area (Å²) in [6, 6.07) is 0.935. The first-order valence-corrected chi connectivity index (χ1v) is 5.21. The average Bonchev–Trinajstić information content (AvgIpc) is 2.75. The van der Waals surface area contributed by atoms with Gasteiger partial charge in [0.1, 0.15) is 0 Å². The molecule has 2 fully saturated rings. The monoisotopic (exact) mass is 199 g/mol. The Kier molecular flexibility index (Phi) is 2.91. The van der Waals surface area contributed by atoms with Gasteiger partial charge >= 0.3 is 0 Å². The molecule has 1 saturated carbocycles. The Bertz CT molecular complexity index is 217. The summed E-state index contributed by atoms with van der Waals surface area (Å²) >= 11 is 0. The van der Waals surface area contributed by atoms with Crippen LogP contribution in [0, 0.1) is 11.8 Å². The van der Waals surface area contributed by atoms with Crippen LogP contribution in [0.3, 0.4) is 0 Å². The smallest absolute Gasteiger partial charge is 0.300 e. The standard InChI is InChI=1S/C9H17N.C2H4O2/c1-6-7-5-8(7)10(4)9(6,2)3;1-2(3)4/h6-8H,5H2,1-4H3;1H3,(H,3,4). The van der Waals surface area contributed by atoms with Crippen LogP contribution in [0.1, 0.15) is 34.1 Å². The molecule has 82 valence electrons. The van der Waals surface area contributed by atoms with Gasteiger partial charge in [-0.15, -0.1) is 0 Å². The van der Waals surface area contributed by atoms with E-state index < -0.39 is 5.97 Å². The van der Waals surface area contributed by atoms with Crippen molar-refractivity contribution < 1.29 is 9.90 Å². The molecular weight excluding hydrogens is 178 g/mol. The number of carboxylic acids is 1. The first kappa shape index (κ1) is 11.5. The fraction of sp³-hybridized carbons (Fsp3) is 0.909. The van der Waals surface area contributed by atoms with Crippen molar-refractivity contribution in [3.63, 3.8) is 0 Å². The van der Waals surface area contributed by atoms with Crippen LogP contribution in [0.2, 0.25) is 0 Å². The van der Waals surface area contributed by atoms with E-state index in [0.29, 0.717) is 5.54 Å². The first-order valence-electron chi connectivity index (χ1n) is 5.21. The predicted octanol–water partition coefficient (Wildman–Crippen LogP) is 1.83. The number of rotatable bonds is 0. The van der Waals surface area contributed by atoms with E-state index in [0.717, 1.165) is 24.8 Å². The molecule has 0 aromatic carbocycles. The molecule has 14 heavy (non-hydrogen) atoms. The molecular formula is C11H21NO2. The summed E-state index contributed by atoms with van der Waals surface area (Å²) in [4.78, 5) is 11.6. The molecule has 0 radical (unpaired) electrons. The zero-order valence-electron chi connectivity index (χ0n) is 9.74. The van der Waals surface area contributed by atoms with Gasteiger partial charge in [-0.05, 0) is 39.2 Å². The van der Waals surface area contributed by atoms with Crippen LogP contribution >= 0.6 is 0 Å². The lowest BCUT2D eigenvalue weighted by atomic mass is 9.87. The van der Waals surface area contributed by atoms with Gasteiger partial charge in [-0.1, -0.05) is 6.92 Å². The largest absolute Gasteiger partial charge is 0.481 e. The van der Waals surface area contributed by atoms with Crippen molar-refractivity contribution in [2.45, 2.75) is 45.7 Å². The number of carboxylic acid groups (broad SMARTS) is 1. The van der Waals surface area contributed by atoms with Crippen molar-refractivity contribution in [1.82, 2.24) is 4.90 Å². The molecule has 2 rings (SSSR count). The number of likely N-dealkylation sites (tertiary alicyclic amines) is 1. The van der Waals surface area contributed by atoms with Gasteiger partial charge in [0.25, 0.3) is 5.97 Å². The maximum absolute atomic E-state index is 9.00. The lowest BCUT2D eigenvalue weighted by Gasteiger charge is -2.35. The summed E-state index contributed by atoms with van der Waals surface area (Å²) in [5.74, 6) is 1.10. The topological polar surface area (TPSA) is 40.5 Å². The molecule has 0 bridgehead atoms. The molecule has 0 amide bonds. The molecule has 3 heteroatoms. The van der Waals surface area contributed by atoms with E-state index in [4.69, 9.17) is 9.90 Å². The number of nitrogens with zero attached hydrogens (tertiary/aromatic N) is 1. The minimum Gasteiger partial charge on any atom is -0.481 e. The minimum absolute atomic E-state index is 0.466. The van der Waals surface area contributed by atoms with Crippen molar-refractivity contribution in [3.8, 4) is 0 Å². The fourth-order valence-electron chi connectivity index (χ4n) is 2.46. The van der Waals surface area contributed by atoms with Crippen LogP contribution in [0.4, 0.5) is 0 Å². The molecule has 0 aromatic heterocycles. The Morgan fingerprint density at radius 3 is 2.07 bits per heavy atom. The van der Waals surface area contributed by atoms with Crippen LogP contribution in [-0.2, 0) is 4.79 Å². The van der Waals surface area contributed by atoms with E-state index in [-0.39, 0.29) is 0 Å². The van der Waals surface area contributed by atoms with Gasteiger partial charge in [-0.25, -0.2) is 0 Å². The zero-order chi connectivity index (χ0) is 11.1. The lowest BCUT2D eigenvalue weighted by molar-refractivity contribution is -0.134. The molecule has 2 aliphatic rings. The molecule has 1 aliphatic heterocycles. The van der Waals surface area contributed by atoms with Crippen molar-refractivity contribution in [1.29, 1.82) is 0 Å². The number of hydrogen-bond donors (Lipinski definition) is 1. The Balaban J connectivity index is 0.000000213. The highest BCUT2D eigenvalue weighted by atomic mass is 16.4. The van der Waals surface area contributed by atoms with Gasteiger partial charge in [0, 0.05) is 18.5 Å². The van der Waals surface area contributed by atoms with Gasteiger partial charge in [0.15, 0.2) is 0 Å². The van der Waals surface area contributed by atoms with Crippen LogP contribution in [0.25, 0.3) is 0 Å². The molecule has 1 saturated heterocycles. The highest BCUT2D eigenvalue weighted by molar-refractivity contribution is 5.62. The highest BCUT2D eigenvalue weighted by Gasteiger charge is 2.58.